The number of aryl methyl sites for hydroxylation is 2. The van der Waals surface area contributed by atoms with Gasteiger partial charge < -0.3 is 14.8 Å². The molecule has 0 amide bonds. The third-order valence-electron chi connectivity index (χ3n) is 3.28. The molecule has 1 heterocycles. The van der Waals surface area contributed by atoms with E-state index >= 15 is 0 Å². The third kappa shape index (κ3) is 3.32. The van der Waals surface area contributed by atoms with Gasteiger partial charge in [0, 0.05) is 5.69 Å². The Morgan fingerprint density at radius 2 is 1.89 bits per heavy atom. The lowest BCUT2D eigenvalue weighted by Crippen LogP contribution is -2.53. The van der Waals surface area contributed by atoms with Crippen molar-refractivity contribution in [1.82, 2.24) is 4.98 Å². The van der Waals surface area contributed by atoms with Gasteiger partial charge in [-0.15, -0.1) is 11.3 Å². The zero-order valence-electron chi connectivity index (χ0n) is 11.9. The molecule has 0 unspecified atom stereocenters. The summed E-state index contributed by atoms with van der Waals surface area (Å²) in [5.74, 6) is 0. The predicted octanol–water partition coefficient (Wildman–Crippen LogP) is 1.27. The summed E-state index contributed by atoms with van der Waals surface area (Å²) in [5.41, 5.74) is -1.11. The van der Waals surface area contributed by atoms with Crippen LogP contribution in [-0.4, -0.2) is 33.4 Å². The van der Waals surface area contributed by atoms with Gasteiger partial charge >= 0.3 is 7.12 Å². The van der Waals surface area contributed by atoms with E-state index in [9.17, 15) is 10.1 Å². The molecule has 1 aromatic rings. The highest BCUT2D eigenvalue weighted by atomic mass is 32.1. The summed E-state index contributed by atoms with van der Waals surface area (Å²) >= 11 is 1.45. The second-order valence-electron chi connectivity index (χ2n) is 5.45. The second kappa shape index (κ2) is 5.29. The summed E-state index contributed by atoms with van der Waals surface area (Å²) in [4.78, 5) is 4.36. The van der Waals surface area contributed by atoms with Crippen LogP contribution in [0.2, 0.25) is 0 Å². The molecule has 1 rings (SSSR count). The van der Waals surface area contributed by atoms with E-state index in [-0.39, 0.29) is 0 Å². The Morgan fingerprint density at radius 1 is 1.33 bits per heavy atom. The smallest absolute Gasteiger partial charge is 0.422 e. The Morgan fingerprint density at radius 3 is 2.28 bits per heavy atom. The van der Waals surface area contributed by atoms with Crippen LogP contribution >= 0.6 is 11.3 Å². The van der Waals surface area contributed by atoms with Crippen LogP contribution in [0, 0.1) is 6.92 Å². The number of hydrogen-bond donors (Lipinski definition) is 2. The molecule has 0 aliphatic carbocycles. The van der Waals surface area contributed by atoms with Gasteiger partial charge in [-0.25, -0.2) is 4.98 Å². The van der Waals surface area contributed by atoms with Crippen molar-refractivity contribution >= 4 is 23.2 Å². The lowest BCUT2D eigenvalue weighted by molar-refractivity contribution is -0.0982. The number of nitrogens with zero attached hydrogens (tertiary/aromatic N) is 1. The molecule has 1 aromatic heterocycles. The lowest BCUT2D eigenvalue weighted by atomic mass is 9.81. The largest absolute Gasteiger partial charge is 0.504 e. The molecule has 0 fully saturated rings. The minimum Gasteiger partial charge on any atom is -0.422 e. The van der Waals surface area contributed by atoms with E-state index in [1.165, 1.54) is 11.3 Å². The van der Waals surface area contributed by atoms with Crippen LogP contribution in [0.4, 0.5) is 0 Å². The molecule has 0 aliphatic heterocycles. The lowest BCUT2D eigenvalue weighted by Gasteiger charge is -2.38. The first-order valence-corrected chi connectivity index (χ1v) is 6.94. The summed E-state index contributed by atoms with van der Waals surface area (Å²) in [6.45, 7) is 10.7. The average Bonchev–Trinajstić information content (AvgIpc) is 2.57. The zero-order chi connectivity index (χ0) is 14.1. The molecule has 0 atom stereocenters. The van der Waals surface area contributed by atoms with Crippen LogP contribution < -0.4 is 4.78 Å². The van der Waals surface area contributed by atoms with E-state index in [4.69, 9.17) is 4.65 Å². The van der Waals surface area contributed by atoms with Gasteiger partial charge in [0.05, 0.1) is 21.0 Å². The monoisotopic (exact) mass is 271 g/mol. The number of thiazole rings is 1. The fourth-order valence-electron chi connectivity index (χ4n) is 1.32. The molecule has 6 heteroatoms. The first kappa shape index (κ1) is 15.6. The van der Waals surface area contributed by atoms with Crippen molar-refractivity contribution < 1.29 is 14.8 Å². The minimum absolute atomic E-state index is 0.712. The van der Waals surface area contributed by atoms with Crippen LogP contribution in [0.3, 0.4) is 0 Å². The highest BCUT2D eigenvalue weighted by molar-refractivity contribution is 7.22. The van der Waals surface area contributed by atoms with Crippen LogP contribution in [-0.2, 0) is 11.1 Å². The summed E-state index contributed by atoms with van der Waals surface area (Å²) in [6, 6.07) is 0. The molecule has 2 N–H and O–H groups in total. The fourth-order valence-corrected chi connectivity index (χ4v) is 2.25. The third-order valence-corrected chi connectivity index (χ3v) is 4.62. The Balaban J connectivity index is 2.88. The van der Waals surface area contributed by atoms with Crippen LogP contribution in [0.1, 0.15) is 45.3 Å². The molecule has 0 radical (unpaired) electrons. The van der Waals surface area contributed by atoms with Crippen molar-refractivity contribution in [2.24, 2.45) is 0 Å². The first-order valence-electron chi connectivity index (χ1n) is 6.13. The topological polar surface area (TPSA) is 62.6 Å². The Hall–Kier alpha value is -0.425. The van der Waals surface area contributed by atoms with E-state index in [2.05, 4.69) is 4.98 Å². The van der Waals surface area contributed by atoms with Gasteiger partial charge in [-0.3, -0.25) is 0 Å². The van der Waals surface area contributed by atoms with Crippen molar-refractivity contribution in [3.63, 3.8) is 0 Å². The molecule has 0 aliphatic rings. The quantitative estimate of drug-likeness (QED) is 0.792. The van der Waals surface area contributed by atoms with E-state index in [1.54, 1.807) is 27.7 Å². The summed E-state index contributed by atoms with van der Waals surface area (Å²) in [6.07, 6.45) is 0.840. The van der Waals surface area contributed by atoms with Gasteiger partial charge in [0.1, 0.15) is 0 Å². The molecular weight excluding hydrogens is 249 g/mol. The highest BCUT2D eigenvalue weighted by Crippen LogP contribution is 2.25. The number of hydrogen-bond acceptors (Lipinski definition) is 5. The maximum absolute atomic E-state index is 10.1. The maximum atomic E-state index is 10.1. The van der Waals surface area contributed by atoms with E-state index in [0.29, 0.717) is 4.78 Å². The van der Waals surface area contributed by atoms with Crippen molar-refractivity contribution in [2.75, 3.05) is 0 Å². The molecule has 18 heavy (non-hydrogen) atoms. The summed E-state index contributed by atoms with van der Waals surface area (Å²) in [5, 5.41) is 21.1. The summed E-state index contributed by atoms with van der Waals surface area (Å²) < 4.78 is 6.32. The van der Waals surface area contributed by atoms with E-state index in [0.717, 1.165) is 17.1 Å². The van der Waals surface area contributed by atoms with Gasteiger partial charge in [0.2, 0.25) is 0 Å². The number of rotatable bonds is 5. The van der Waals surface area contributed by atoms with Gasteiger partial charge in [0.15, 0.2) is 0 Å². The number of aromatic nitrogens is 1. The Labute approximate surface area is 113 Å². The SMILES string of the molecule is CCc1nc(C)c(B(O)OC(C)(C)C(C)(C)O)s1. The van der Waals surface area contributed by atoms with Crippen molar-refractivity contribution in [2.45, 2.75) is 59.2 Å². The minimum atomic E-state index is -1.05. The first-order chi connectivity index (χ1) is 8.08. The molecule has 0 saturated carbocycles. The van der Waals surface area contributed by atoms with Crippen molar-refractivity contribution in [3.05, 3.63) is 10.7 Å². The predicted molar refractivity (Wildman–Crippen MR) is 75.3 cm³/mol. The second-order valence-corrected chi connectivity index (χ2v) is 6.57. The van der Waals surface area contributed by atoms with Crippen LogP contribution in [0.25, 0.3) is 0 Å². The normalized spacial score (nSPS) is 12.9. The molecule has 0 aromatic carbocycles. The standard InChI is InChI=1S/C12H22BNO3S/c1-7-9-14-8(2)10(18-9)13(16)17-12(5,6)11(3,4)15/h15-16H,7H2,1-6H3. The average molecular weight is 271 g/mol. The highest BCUT2D eigenvalue weighted by Gasteiger charge is 2.40. The van der Waals surface area contributed by atoms with Gasteiger partial charge in [-0.05, 0) is 41.0 Å². The molecule has 4 nitrogen and oxygen atoms in total. The Bertz CT molecular complexity index is 412. The molecule has 102 valence electrons. The fraction of sp³-hybridized carbons (Fsp3) is 0.750. The zero-order valence-corrected chi connectivity index (χ0v) is 12.8. The number of aliphatic hydroxyl groups is 1. The molecule has 0 saturated heterocycles. The van der Waals surface area contributed by atoms with Gasteiger partial charge in [0.25, 0.3) is 0 Å². The van der Waals surface area contributed by atoms with Gasteiger partial charge in [-0.1, -0.05) is 6.92 Å². The molecular formula is C12H22BNO3S. The van der Waals surface area contributed by atoms with Crippen molar-refractivity contribution in [3.8, 4) is 0 Å². The summed E-state index contributed by atoms with van der Waals surface area (Å²) in [7, 11) is -1.05. The van der Waals surface area contributed by atoms with E-state index < -0.39 is 18.3 Å². The van der Waals surface area contributed by atoms with E-state index in [1.807, 2.05) is 13.8 Å². The molecule has 0 bridgehead atoms. The van der Waals surface area contributed by atoms with Crippen LogP contribution in [0.5, 0.6) is 0 Å². The van der Waals surface area contributed by atoms with Crippen molar-refractivity contribution in [1.29, 1.82) is 0 Å². The van der Waals surface area contributed by atoms with Crippen LogP contribution in [0.15, 0.2) is 0 Å². The van der Waals surface area contributed by atoms with Gasteiger partial charge in [-0.2, -0.15) is 0 Å². The molecule has 0 spiro atoms. The Kier molecular flexibility index (Phi) is 4.59. The maximum Gasteiger partial charge on any atom is 0.504 e.